The van der Waals surface area contributed by atoms with Crippen molar-refractivity contribution in [3.05, 3.63) is 86.2 Å². The molecular formula is C19H13N3O3S2. The highest BCUT2D eigenvalue weighted by atomic mass is 32.1. The average Bonchev–Trinajstić information content (AvgIpc) is 3.30. The summed E-state index contributed by atoms with van der Waals surface area (Å²) in [7, 11) is 0. The molecule has 6 nitrogen and oxygen atoms in total. The van der Waals surface area contributed by atoms with Gasteiger partial charge in [0.05, 0.1) is 25.0 Å². The lowest BCUT2D eigenvalue weighted by molar-refractivity contribution is -0.380. The molecule has 0 unspecified atom stereocenters. The molecule has 0 aliphatic heterocycles. The minimum absolute atomic E-state index is 0.0497. The lowest BCUT2D eigenvalue weighted by Gasteiger charge is -2.04. The van der Waals surface area contributed by atoms with E-state index < -0.39 is 4.92 Å². The molecule has 2 aromatic heterocycles. The number of nitrogens with one attached hydrogen (secondary N) is 1. The molecule has 8 heteroatoms. The van der Waals surface area contributed by atoms with E-state index in [-0.39, 0.29) is 10.9 Å². The van der Waals surface area contributed by atoms with E-state index in [2.05, 4.69) is 16.4 Å². The number of carbonyl (C=O) groups is 1. The van der Waals surface area contributed by atoms with Crippen LogP contribution in [0.4, 0.5) is 10.7 Å². The smallest absolute Gasteiger partial charge is 0.321 e. The van der Waals surface area contributed by atoms with Gasteiger partial charge in [0.1, 0.15) is 0 Å². The summed E-state index contributed by atoms with van der Waals surface area (Å²) in [6.45, 7) is 0. The van der Waals surface area contributed by atoms with Crippen LogP contribution in [0.3, 0.4) is 0 Å². The van der Waals surface area contributed by atoms with Crippen LogP contribution >= 0.6 is 22.7 Å². The van der Waals surface area contributed by atoms with Crippen molar-refractivity contribution in [1.82, 2.24) is 4.98 Å². The number of carbonyl (C=O) groups excluding carboxylic acids is 1. The molecule has 0 radical (unpaired) electrons. The maximum absolute atomic E-state index is 12.2. The summed E-state index contributed by atoms with van der Waals surface area (Å²) in [5.74, 6) is -0.355. The molecule has 0 bridgehead atoms. The maximum atomic E-state index is 12.2. The highest BCUT2D eigenvalue weighted by Crippen LogP contribution is 2.26. The van der Waals surface area contributed by atoms with Crippen LogP contribution in [0.2, 0.25) is 0 Å². The van der Waals surface area contributed by atoms with E-state index in [0.717, 1.165) is 33.8 Å². The van der Waals surface area contributed by atoms with Crippen LogP contribution in [0.5, 0.6) is 0 Å². The highest BCUT2D eigenvalue weighted by molar-refractivity contribution is 7.18. The van der Waals surface area contributed by atoms with Gasteiger partial charge < -0.3 is 5.32 Å². The molecule has 0 aliphatic carbocycles. The molecular weight excluding hydrogens is 382 g/mol. The summed E-state index contributed by atoms with van der Waals surface area (Å²) >= 11 is 2.53. The Labute approximate surface area is 162 Å². The molecule has 0 aliphatic rings. The van der Waals surface area contributed by atoms with E-state index in [1.54, 1.807) is 11.3 Å². The number of rotatable bonds is 5. The number of nitrogens with zero attached hydrogens (tertiary/aromatic N) is 2. The molecule has 134 valence electrons. The zero-order valence-corrected chi connectivity index (χ0v) is 15.5. The molecule has 2 heterocycles. The summed E-state index contributed by atoms with van der Waals surface area (Å²) in [5.41, 5.74) is 2.74. The number of anilines is 1. The van der Waals surface area contributed by atoms with Crippen LogP contribution in [0.15, 0.2) is 60.7 Å². The molecule has 0 atom stereocenters. The normalized spacial score (nSPS) is 10.8. The van der Waals surface area contributed by atoms with Gasteiger partial charge in [0.2, 0.25) is 0 Å². The van der Waals surface area contributed by atoms with Gasteiger partial charge in [-0.25, -0.2) is 4.98 Å². The Morgan fingerprint density at radius 3 is 2.52 bits per heavy atom. The van der Waals surface area contributed by atoms with E-state index in [1.165, 1.54) is 16.8 Å². The van der Waals surface area contributed by atoms with E-state index in [9.17, 15) is 14.9 Å². The van der Waals surface area contributed by atoms with Gasteiger partial charge in [-0.1, -0.05) is 35.6 Å². The molecule has 27 heavy (non-hydrogen) atoms. The minimum atomic E-state index is -0.502. The van der Waals surface area contributed by atoms with Gasteiger partial charge in [0, 0.05) is 18.2 Å². The average molecular weight is 395 g/mol. The monoisotopic (exact) mass is 395 g/mol. The lowest BCUT2D eigenvalue weighted by Crippen LogP contribution is -2.09. The summed E-state index contributed by atoms with van der Waals surface area (Å²) in [5, 5.41) is 14.5. The van der Waals surface area contributed by atoms with E-state index >= 15 is 0 Å². The predicted octanol–water partition coefficient (Wildman–Crippen LogP) is 5.11. The fraction of sp³-hybridized carbons (Fsp3) is 0.0526. The highest BCUT2D eigenvalue weighted by Gasteiger charge is 2.15. The Hall–Kier alpha value is -3.10. The second kappa shape index (κ2) is 7.26. The molecule has 0 spiro atoms. The van der Waals surface area contributed by atoms with Gasteiger partial charge in [-0.15, -0.1) is 11.3 Å². The third kappa shape index (κ3) is 3.86. The minimum Gasteiger partial charge on any atom is -0.321 e. The van der Waals surface area contributed by atoms with Crippen molar-refractivity contribution in [3.63, 3.8) is 0 Å². The van der Waals surface area contributed by atoms with Crippen molar-refractivity contribution < 1.29 is 9.72 Å². The first-order valence-corrected chi connectivity index (χ1v) is 9.71. The van der Waals surface area contributed by atoms with E-state index in [0.29, 0.717) is 10.6 Å². The van der Waals surface area contributed by atoms with Gasteiger partial charge >= 0.3 is 5.00 Å². The summed E-state index contributed by atoms with van der Waals surface area (Å²) in [6.07, 6.45) is 0.727. The SMILES string of the molecule is O=C(Nc1ccc(Cc2nc3ccccc3s2)cc1)c1ccc([N+](=O)[O-])s1. The van der Waals surface area contributed by atoms with Crippen LogP contribution in [-0.4, -0.2) is 15.8 Å². The fourth-order valence-electron chi connectivity index (χ4n) is 2.62. The first kappa shape index (κ1) is 17.3. The number of thiazole rings is 1. The van der Waals surface area contributed by atoms with Gasteiger partial charge in [-0.05, 0) is 35.9 Å². The van der Waals surface area contributed by atoms with Crippen molar-refractivity contribution >= 4 is 49.5 Å². The largest absolute Gasteiger partial charge is 0.324 e. The number of nitro groups is 1. The van der Waals surface area contributed by atoms with Crippen LogP contribution in [0.25, 0.3) is 10.2 Å². The predicted molar refractivity (Wildman–Crippen MR) is 108 cm³/mol. The first-order chi connectivity index (χ1) is 13.1. The summed E-state index contributed by atoms with van der Waals surface area (Å²) in [6, 6.07) is 18.4. The first-order valence-electron chi connectivity index (χ1n) is 8.07. The Bertz CT molecular complexity index is 1100. The van der Waals surface area contributed by atoms with Crippen molar-refractivity contribution in [2.45, 2.75) is 6.42 Å². The van der Waals surface area contributed by atoms with Gasteiger partial charge in [-0.3, -0.25) is 14.9 Å². The quantitative estimate of drug-likeness (QED) is 0.376. The number of amides is 1. The fourth-order valence-corrected chi connectivity index (χ4v) is 4.33. The van der Waals surface area contributed by atoms with Gasteiger partial charge in [0.15, 0.2) is 0 Å². The standard InChI is InChI=1S/C19H13N3O3S2/c23-19(16-9-10-18(27-16)22(24)25)20-13-7-5-12(6-8-13)11-17-21-14-3-1-2-4-15(14)26-17/h1-10H,11H2,(H,20,23). The van der Waals surface area contributed by atoms with Crippen LogP contribution < -0.4 is 5.32 Å². The van der Waals surface area contributed by atoms with Crippen molar-refractivity contribution in [2.24, 2.45) is 0 Å². The topological polar surface area (TPSA) is 85.1 Å². The number of benzene rings is 2. The third-order valence-corrected chi connectivity index (χ3v) is 5.97. The Morgan fingerprint density at radius 1 is 1.04 bits per heavy atom. The Kier molecular flexibility index (Phi) is 4.66. The number of aromatic nitrogens is 1. The zero-order chi connectivity index (χ0) is 18.8. The summed E-state index contributed by atoms with van der Waals surface area (Å²) < 4.78 is 1.17. The maximum Gasteiger partial charge on any atom is 0.324 e. The molecule has 1 amide bonds. The molecule has 0 saturated heterocycles. The number of thiophene rings is 1. The third-order valence-electron chi connectivity index (χ3n) is 3.90. The van der Waals surface area contributed by atoms with Crippen molar-refractivity contribution in [2.75, 3.05) is 5.32 Å². The van der Waals surface area contributed by atoms with Gasteiger partial charge in [-0.2, -0.15) is 0 Å². The molecule has 2 aromatic carbocycles. The Balaban J connectivity index is 1.43. The molecule has 0 fully saturated rings. The van der Waals surface area contributed by atoms with Crippen molar-refractivity contribution in [1.29, 1.82) is 0 Å². The molecule has 4 aromatic rings. The van der Waals surface area contributed by atoms with Crippen LogP contribution in [0.1, 0.15) is 20.2 Å². The van der Waals surface area contributed by atoms with Crippen molar-refractivity contribution in [3.8, 4) is 0 Å². The molecule has 4 rings (SSSR count). The number of para-hydroxylation sites is 1. The number of fused-ring (bicyclic) bond motifs is 1. The second-order valence-corrected chi connectivity index (χ2v) is 7.98. The molecule has 0 saturated carbocycles. The zero-order valence-electron chi connectivity index (χ0n) is 13.9. The number of hydrogen-bond acceptors (Lipinski definition) is 6. The van der Waals surface area contributed by atoms with Crippen LogP contribution in [0, 0.1) is 10.1 Å². The lowest BCUT2D eigenvalue weighted by atomic mass is 10.1. The van der Waals surface area contributed by atoms with Gasteiger partial charge in [0.25, 0.3) is 5.91 Å². The van der Waals surface area contributed by atoms with E-state index in [1.807, 2.05) is 42.5 Å². The van der Waals surface area contributed by atoms with E-state index in [4.69, 9.17) is 0 Å². The second-order valence-electron chi connectivity index (χ2n) is 5.80. The Morgan fingerprint density at radius 2 is 1.81 bits per heavy atom. The molecule has 1 N–H and O–H groups in total. The van der Waals surface area contributed by atoms with Crippen LogP contribution in [-0.2, 0) is 6.42 Å². The number of hydrogen-bond donors (Lipinski definition) is 1. The summed E-state index contributed by atoms with van der Waals surface area (Å²) in [4.78, 5) is 27.3.